The van der Waals surface area contributed by atoms with E-state index >= 15 is 0 Å². The van der Waals surface area contributed by atoms with Gasteiger partial charge in [-0.3, -0.25) is 4.79 Å². The first-order valence-corrected chi connectivity index (χ1v) is 5.77. The van der Waals surface area contributed by atoms with Gasteiger partial charge in [-0.2, -0.15) is 0 Å². The monoisotopic (exact) mass is 283 g/mol. The predicted molar refractivity (Wildman–Crippen MR) is 68.3 cm³/mol. The van der Waals surface area contributed by atoms with E-state index in [1.54, 1.807) is 0 Å². The molecule has 1 amide bonds. The van der Waals surface area contributed by atoms with Crippen LogP contribution in [0.2, 0.25) is 0 Å². The average Bonchev–Trinajstić information content (AvgIpc) is 2.16. The van der Waals surface area contributed by atoms with Gasteiger partial charge in [0.25, 0.3) is 5.91 Å². The number of ether oxygens (including phenoxy) is 1. The third kappa shape index (κ3) is 4.49. The maximum Gasteiger partial charge on any atom is 0.251 e. The summed E-state index contributed by atoms with van der Waals surface area (Å²) < 4.78 is 5.88. The van der Waals surface area contributed by atoms with Gasteiger partial charge in [-0.1, -0.05) is 15.9 Å². The van der Waals surface area contributed by atoms with Crippen molar-refractivity contribution in [1.29, 1.82) is 0 Å². The van der Waals surface area contributed by atoms with Gasteiger partial charge in [0.05, 0.1) is 12.9 Å². The maximum absolute atomic E-state index is 11.4. The quantitative estimate of drug-likeness (QED) is 0.681. The summed E-state index contributed by atoms with van der Waals surface area (Å²) in [5.41, 5.74) is 1.84. The van der Waals surface area contributed by atoms with Crippen LogP contribution < -0.4 is 5.32 Å². The fourth-order valence-electron chi connectivity index (χ4n) is 1.20. The molecule has 4 heteroatoms. The lowest BCUT2D eigenvalue weighted by molar-refractivity contribution is -0.112. The van der Waals surface area contributed by atoms with Crippen molar-refractivity contribution in [2.24, 2.45) is 0 Å². The fraction of sp³-hybridized carbons (Fsp3) is 0.250. The largest absolute Gasteiger partial charge is 0.501 e. The van der Waals surface area contributed by atoms with E-state index < -0.39 is 0 Å². The molecule has 0 saturated heterocycles. The summed E-state index contributed by atoms with van der Waals surface area (Å²) in [6.45, 7) is 4.39. The van der Waals surface area contributed by atoms with Gasteiger partial charge in [-0.15, -0.1) is 0 Å². The summed E-state index contributed by atoms with van der Waals surface area (Å²) in [5.74, 6) is -0.203. The predicted octanol–water partition coefficient (Wildman–Crippen LogP) is 3.25. The summed E-state index contributed by atoms with van der Waals surface area (Å²) in [6.07, 6.45) is 2.75. The zero-order valence-corrected chi connectivity index (χ0v) is 10.9. The van der Waals surface area contributed by atoms with E-state index in [1.807, 2.05) is 32.0 Å². The first-order chi connectivity index (χ1) is 7.61. The number of hydrogen-bond acceptors (Lipinski definition) is 2. The number of carbonyl (C=O) groups excluding carboxylic acids is 1. The molecule has 0 spiro atoms. The molecule has 0 heterocycles. The Balaban J connectivity index is 2.62. The summed E-state index contributed by atoms with van der Waals surface area (Å²) in [7, 11) is 0. The molecule has 0 unspecified atom stereocenters. The van der Waals surface area contributed by atoms with Crippen LogP contribution in [0, 0.1) is 6.92 Å². The first-order valence-electron chi connectivity index (χ1n) is 4.98. The van der Waals surface area contributed by atoms with Crippen LogP contribution in [0.3, 0.4) is 0 Å². The molecule has 0 aromatic heterocycles. The summed E-state index contributed by atoms with van der Waals surface area (Å²) in [5, 5.41) is 2.75. The van der Waals surface area contributed by atoms with Crippen molar-refractivity contribution in [3.8, 4) is 0 Å². The molecule has 1 N–H and O–H groups in total. The van der Waals surface area contributed by atoms with Gasteiger partial charge in [-0.05, 0) is 37.6 Å². The minimum Gasteiger partial charge on any atom is -0.501 e. The van der Waals surface area contributed by atoms with Gasteiger partial charge < -0.3 is 10.1 Å². The third-order valence-electron chi connectivity index (χ3n) is 1.79. The van der Waals surface area contributed by atoms with E-state index in [0.29, 0.717) is 6.61 Å². The summed E-state index contributed by atoms with van der Waals surface area (Å²) in [4.78, 5) is 11.4. The van der Waals surface area contributed by atoms with Crippen LogP contribution in [0.25, 0.3) is 0 Å². The van der Waals surface area contributed by atoms with Crippen LogP contribution in [-0.4, -0.2) is 12.5 Å². The summed E-state index contributed by atoms with van der Waals surface area (Å²) in [6, 6.07) is 5.72. The minimum absolute atomic E-state index is 0.203. The smallest absolute Gasteiger partial charge is 0.251 e. The Morgan fingerprint density at radius 1 is 1.50 bits per heavy atom. The Labute approximate surface area is 104 Å². The Kier molecular flexibility index (Phi) is 5.05. The fourth-order valence-corrected chi connectivity index (χ4v) is 1.81. The molecule has 1 aromatic carbocycles. The number of carbonyl (C=O) groups is 1. The third-order valence-corrected chi connectivity index (χ3v) is 2.25. The standard InChI is InChI=1S/C12H14BrNO2/c1-3-16-5-4-12(15)14-11-7-9(2)6-10(13)8-11/h4-8H,3H2,1-2H3,(H,14,15). The van der Waals surface area contributed by atoms with E-state index in [1.165, 1.54) is 12.3 Å². The Hall–Kier alpha value is -1.29. The first kappa shape index (κ1) is 12.8. The molecule has 16 heavy (non-hydrogen) atoms. The molecule has 0 radical (unpaired) electrons. The molecule has 86 valence electrons. The van der Waals surface area contributed by atoms with Crippen molar-refractivity contribution in [2.75, 3.05) is 11.9 Å². The molecule has 3 nitrogen and oxygen atoms in total. The van der Waals surface area contributed by atoms with Crippen molar-refractivity contribution in [2.45, 2.75) is 13.8 Å². The number of nitrogens with one attached hydrogen (secondary N) is 1. The van der Waals surface area contributed by atoms with Crippen LogP contribution in [0.15, 0.2) is 35.0 Å². The number of benzene rings is 1. The van der Waals surface area contributed by atoms with E-state index in [2.05, 4.69) is 21.2 Å². The number of hydrogen-bond donors (Lipinski definition) is 1. The van der Waals surface area contributed by atoms with E-state index in [-0.39, 0.29) is 5.91 Å². The minimum atomic E-state index is -0.203. The van der Waals surface area contributed by atoms with Crippen molar-refractivity contribution in [3.05, 3.63) is 40.6 Å². The number of rotatable bonds is 4. The average molecular weight is 284 g/mol. The molecule has 1 rings (SSSR count). The van der Waals surface area contributed by atoms with E-state index in [4.69, 9.17) is 4.74 Å². The Bertz CT molecular complexity index is 382. The normalized spacial score (nSPS) is 10.4. The topological polar surface area (TPSA) is 38.3 Å². The van der Waals surface area contributed by atoms with Gasteiger partial charge in [0, 0.05) is 16.2 Å². The molecule has 0 bridgehead atoms. The number of aryl methyl sites for hydroxylation is 1. The van der Waals surface area contributed by atoms with Crippen LogP contribution in [0.5, 0.6) is 0 Å². The zero-order chi connectivity index (χ0) is 12.0. The highest BCUT2D eigenvalue weighted by Gasteiger charge is 1.99. The van der Waals surface area contributed by atoms with Crippen molar-refractivity contribution in [1.82, 2.24) is 0 Å². The number of anilines is 1. The van der Waals surface area contributed by atoms with Gasteiger partial charge in [0.2, 0.25) is 0 Å². The zero-order valence-electron chi connectivity index (χ0n) is 9.29. The highest BCUT2D eigenvalue weighted by molar-refractivity contribution is 9.10. The lowest BCUT2D eigenvalue weighted by Gasteiger charge is -2.04. The molecular formula is C12H14BrNO2. The number of amides is 1. The van der Waals surface area contributed by atoms with Gasteiger partial charge in [0.15, 0.2) is 0 Å². The molecule has 0 aliphatic rings. The lowest BCUT2D eigenvalue weighted by atomic mass is 10.2. The van der Waals surface area contributed by atoms with Crippen LogP contribution in [-0.2, 0) is 9.53 Å². The molecule has 0 saturated carbocycles. The van der Waals surface area contributed by atoms with Gasteiger partial charge in [0.1, 0.15) is 0 Å². The molecular weight excluding hydrogens is 270 g/mol. The Morgan fingerprint density at radius 3 is 2.88 bits per heavy atom. The van der Waals surface area contributed by atoms with Gasteiger partial charge >= 0.3 is 0 Å². The molecule has 0 fully saturated rings. The second-order valence-electron chi connectivity index (χ2n) is 3.26. The Morgan fingerprint density at radius 2 is 2.25 bits per heavy atom. The lowest BCUT2D eigenvalue weighted by Crippen LogP contribution is -2.08. The van der Waals surface area contributed by atoms with Crippen LogP contribution in [0.4, 0.5) is 5.69 Å². The molecule has 0 aliphatic carbocycles. The van der Waals surface area contributed by atoms with Crippen molar-refractivity contribution < 1.29 is 9.53 Å². The molecule has 0 aliphatic heterocycles. The highest BCUT2D eigenvalue weighted by Crippen LogP contribution is 2.18. The molecule has 1 aromatic rings. The maximum atomic E-state index is 11.4. The molecule has 0 atom stereocenters. The van der Waals surface area contributed by atoms with Crippen LogP contribution in [0.1, 0.15) is 12.5 Å². The van der Waals surface area contributed by atoms with Crippen molar-refractivity contribution in [3.63, 3.8) is 0 Å². The van der Waals surface area contributed by atoms with Crippen molar-refractivity contribution >= 4 is 27.5 Å². The second kappa shape index (κ2) is 6.33. The second-order valence-corrected chi connectivity index (χ2v) is 4.18. The van der Waals surface area contributed by atoms with E-state index in [0.717, 1.165) is 15.7 Å². The van der Waals surface area contributed by atoms with Crippen LogP contribution >= 0.6 is 15.9 Å². The van der Waals surface area contributed by atoms with Gasteiger partial charge in [-0.25, -0.2) is 0 Å². The summed E-state index contributed by atoms with van der Waals surface area (Å²) >= 11 is 3.37. The SMILES string of the molecule is CCOC=CC(=O)Nc1cc(C)cc(Br)c1. The highest BCUT2D eigenvalue weighted by atomic mass is 79.9. The van der Waals surface area contributed by atoms with E-state index in [9.17, 15) is 4.79 Å². The number of halogens is 1.